The first-order valence-electron chi connectivity index (χ1n) is 8.20. The quantitative estimate of drug-likeness (QED) is 0.695. The standard InChI is InChI=1S/C19H19BrClN3/c1-12-22-11-17(21)18(23-12)15-10-19(5-7-24(2)8-6-19)16-4-3-13(20)9-14(15)16/h3-4,9-11H,5-8H2,1-2H3. The van der Waals surface area contributed by atoms with Gasteiger partial charge >= 0.3 is 0 Å². The molecular weight excluding hydrogens is 386 g/mol. The van der Waals surface area contributed by atoms with Crippen molar-refractivity contribution in [1.29, 1.82) is 0 Å². The van der Waals surface area contributed by atoms with Crippen LogP contribution in [-0.2, 0) is 5.41 Å². The topological polar surface area (TPSA) is 29.0 Å². The van der Waals surface area contributed by atoms with Gasteiger partial charge in [0.1, 0.15) is 5.82 Å². The number of hydrogen-bond donors (Lipinski definition) is 0. The maximum absolute atomic E-state index is 6.45. The first kappa shape index (κ1) is 16.2. The van der Waals surface area contributed by atoms with Gasteiger partial charge in [0.15, 0.2) is 0 Å². The largest absolute Gasteiger partial charge is 0.306 e. The fourth-order valence-electron chi connectivity index (χ4n) is 3.88. The molecule has 0 saturated carbocycles. The summed E-state index contributed by atoms with van der Waals surface area (Å²) in [7, 11) is 2.19. The minimum absolute atomic E-state index is 0.0973. The predicted octanol–water partition coefficient (Wildman–Crippen LogP) is 4.61. The second kappa shape index (κ2) is 5.94. The van der Waals surface area contributed by atoms with Crippen LogP contribution in [0.1, 0.15) is 35.5 Å². The molecule has 5 heteroatoms. The van der Waals surface area contributed by atoms with Crippen molar-refractivity contribution in [1.82, 2.24) is 14.9 Å². The number of allylic oxidation sites excluding steroid dienone is 1. The van der Waals surface area contributed by atoms with Gasteiger partial charge in [-0.15, -0.1) is 0 Å². The molecule has 1 spiro atoms. The van der Waals surface area contributed by atoms with Gasteiger partial charge in [0.05, 0.1) is 10.7 Å². The third-order valence-electron chi connectivity index (χ3n) is 5.23. The second-order valence-corrected chi connectivity index (χ2v) is 8.14. The Morgan fingerprint density at radius 2 is 2.00 bits per heavy atom. The Bertz CT molecular complexity index is 839. The lowest BCUT2D eigenvalue weighted by Crippen LogP contribution is -2.38. The minimum atomic E-state index is 0.0973. The van der Waals surface area contributed by atoms with Crippen molar-refractivity contribution in [3.8, 4) is 0 Å². The number of benzene rings is 1. The Labute approximate surface area is 155 Å². The normalized spacial score (nSPS) is 19.4. The van der Waals surface area contributed by atoms with Crippen LogP contribution < -0.4 is 0 Å². The first-order chi connectivity index (χ1) is 11.5. The fraction of sp³-hybridized carbons (Fsp3) is 0.368. The maximum atomic E-state index is 6.45. The van der Waals surface area contributed by atoms with Crippen molar-refractivity contribution in [2.24, 2.45) is 0 Å². The minimum Gasteiger partial charge on any atom is -0.306 e. The molecule has 1 aliphatic carbocycles. The molecule has 4 rings (SSSR count). The number of rotatable bonds is 1. The van der Waals surface area contributed by atoms with Crippen molar-refractivity contribution in [3.63, 3.8) is 0 Å². The van der Waals surface area contributed by atoms with Gasteiger partial charge in [-0.25, -0.2) is 9.97 Å². The van der Waals surface area contributed by atoms with Gasteiger partial charge in [0.2, 0.25) is 0 Å². The number of piperidine rings is 1. The van der Waals surface area contributed by atoms with Crippen molar-refractivity contribution >= 4 is 33.1 Å². The third kappa shape index (κ3) is 2.61. The summed E-state index contributed by atoms with van der Waals surface area (Å²) in [6, 6.07) is 6.60. The number of hydrogen-bond acceptors (Lipinski definition) is 3. The summed E-state index contributed by atoms with van der Waals surface area (Å²) in [5.41, 5.74) is 4.74. The second-order valence-electron chi connectivity index (χ2n) is 6.82. The highest BCUT2D eigenvalue weighted by atomic mass is 79.9. The number of likely N-dealkylation sites (tertiary alicyclic amines) is 1. The molecule has 24 heavy (non-hydrogen) atoms. The van der Waals surface area contributed by atoms with E-state index in [4.69, 9.17) is 11.6 Å². The lowest BCUT2D eigenvalue weighted by molar-refractivity contribution is 0.219. The highest BCUT2D eigenvalue weighted by molar-refractivity contribution is 9.10. The Morgan fingerprint density at radius 3 is 2.75 bits per heavy atom. The lowest BCUT2D eigenvalue weighted by Gasteiger charge is -2.37. The molecule has 124 valence electrons. The van der Waals surface area contributed by atoms with E-state index in [9.17, 15) is 0 Å². The molecule has 1 aromatic heterocycles. The van der Waals surface area contributed by atoms with E-state index >= 15 is 0 Å². The molecule has 3 nitrogen and oxygen atoms in total. The summed E-state index contributed by atoms with van der Waals surface area (Å²) in [6.07, 6.45) is 6.37. The Kier molecular flexibility index (Phi) is 4.02. The molecule has 2 heterocycles. The summed E-state index contributed by atoms with van der Waals surface area (Å²) in [6.45, 7) is 4.12. The van der Waals surface area contributed by atoms with Crippen LogP contribution >= 0.6 is 27.5 Å². The SMILES string of the molecule is Cc1ncc(Cl)c(C2=CC3(CCN(C)CC3)c3ccc(Br)cc32)n1. The molecule has 1 aromatic carbocycles. The monoisotopic (exact) mass is 403 g/mol. The van der Waals surface area contributed by atoms with Gasteiger partial charge < -0.3 is 4.90 Å². The number of nitrogens with zero attached hydrogens (tertiary/aromatic N) is 3. The molecule has 0 unspecified atom stereocenters. The van der Waals surface area contributed by atoms with E-state index in [0.717, 1.165) is 47.5 Å². The Hall–Kier alpha value is -1.23. The van der Waals surface area contributed by atoms with Crippen molar-refractivity contribution in [2.45, 2.75) is 25.2 Å². The zero-order chi connectivity index (χ0) is 16.9. The zero-order valence-corrected chi connectivity index (χ0v) is 16.2. The highest BCUT2D eigenvalue weighted by Gasteiger charge is 2.41. The number of fused-ring (bicyclic) bond motifs is 2. The average molecular weight is 405 g/mol. The van der Waals surface area contributed by atoms with Gasteiger partial charge in [-0.05, 0) is 63.2 Å². The smallest absolute Gasteiger partial charge is 0.125 e. The maximum Gasteiger partial charge on any atom is 0.125 e. The Morgan fingerprint density at radius 1 is 1.25 bits per heavy atom. The van der Waals surface area contributed by atoms with Crippen molar-refractivity contribution in [2.75, 3.05) is 20.1 Å². The zero-order valence-electron chi connectivity index (χ0n) is 13.8. The summed E-state index contributed by atoms with van der Waals surface area (Å²) < 4.78 is 1.08. The van der Waals surface area contributed by atoms with E-state index in [0.29, 0.717) is 5.02 Å². The van der Waals surface area contributed by atoms with Gasteiger partial charge in [0.25, 0.3) is 0 Å². The number of aromatic nitrogens is 2. The van der Waals surface area contributed by atoms with E-state index in [1.54, 1.807) is 6.20 Å². The molecule has 0 N–H and O–H groups in total. The molecule has 1 fully saturated rings. The summed E-state index contributed by atoms with van der Waals surface area (Å²) in [4.78, 5) is 11.3. The molecule has 2 aliphatic rings. The fourth-order valence-corrected chi connectivity index (χ4v) is 4.43. The van der Waals surface area contributed by atoms with Crippen molar-refractivity contribution < 1.29 is 0 Å². The van der Waals surface area contributed by atoms with Crippen LogP contribution in [0.4, 0.5) is 0 Å². The Balaban J connectivity index is 1.91. The van der Waals surface area contributed by atoms with Crippen LogP contribution in [-0.4, -0.2) is 35.0 Å². The van der Waals surface area contributed by atoms with E-state index in [2.05, 4.69) is 62.1 Å². The molecule has 0 atom stereocenters. The highest BCUT2D eigenvalue weighted by Crippen LogP contribution is 2.49. The molecule has 2 aromatic rings. The lowest BCUT2D eigenvalue weighted by atomic mass is 9.75. The molecule has 1 aliphatic heterocycles. The van der Waals surface area contributed by atoms with Crippen molar-refractivity contribution in [3.05, 3.63) is 62.6 Å². The molecule has 0 amide bonds. The van der Waals surface area contributed by atoms with Crippen LogP contribution in [0.3, 0.4) is 0 Å². The van der Waals surface area contributed by atoms with Gasteiger partial charge in [-0.2, -0.15) is 0 Å². The van der Waals surface area contributed by atoms with Crippen LogP contribution in [0.5, 0.6) is 0 Å². The summed E-state index contributed by atoms with van der Waals surface area (Å²) >= 11 is 10.1. The predicted molar refractivity (Wildman–Crippen MR) is 101 cm³/mol. The van der Waals surface area contributed by atoms with Crippen LogP contribution in [0.2, 0.25) is 5.02 Å². The average Bonchev–Trinajstić information content (AvgIpc) is 2.86. The number of halogens is 2. The first-order valence-corrected chi connectivity index (χ1v) is 9.37. The van der Waals surface area contributed by atoms with E-state index in [-0.39, 0.29) is 5.41 Å². The van der Waals surface area contributed by atoms with Crippen LogP contribution in [0.15, 0.2) is 34.9 Å². The van der Waals surface area contributed by atoms with Crippen LogP contribution in [0.25, 0.3) is 5.57 Å². The molecule has 1 saturated heterocycles. The third-order valence-corrected chi connectivity index (χ3v) is 6.00. The van der Waals surface area contributed by atoms with E-state index in [1.807, 2.05) is 6.92 Å². The number of aryl methyl sites for hydroxylation is 1. The van der Waals surface area contributed by atoms with Gasteiger partial charge in [-0.3, -0.25) is 0 Å². The molecule has 0 radical (unpaired) electrons. The molecule has 0 bridgehead atoms. The summed E-state index contributed by atoms with van der Waals surface area (Å²) in [5, 5.41) is 0.614. The van der Waals surface area contributed by atoms with E-state index < -0.39 is 0 Å². The van der Waals surface area contributed by atoms with Crippen LogP contribution in [0, 0.1) is 6.92 Å². The summed E-state index contributed by atoms with van der Waals surface area (Å²) in [5.74, 6) is 0.746. The van der Waals surface area contributed by atoms with Gasteiger partial charge in [-0.1, -0.05) is 39.7 Å². The molecular formula is C19H19BrClN3. The van der Waals surface area contributed by atoms with Gasteiger partial charge in [0, 0.05) is 21.7 Å². The van der Waals surface area contributed by atoms with E-state index in [1.165, 1.54) is 11.1 Å².